The van der Waals surface area contributed by atoms with E-state index in [2.05, 4.69) is 11.6 Å². The maximum Gasteiger partial charge on any atom is 0.244 e. The van der Waals surface area contributed by atoms with E-state index in [1.165, 1.54) is 0 Å². The van der Waals surface area contributed by atoms with Crippen molar-refractivity contribution in [3.8, 4) is 0 Å². The molecule has 2 rings (SSSR count). The summed E-state index contributed by atoms with van der Waals surface area (Å²) in [5.74, 6) is -0.465. The van der Waals surface area contributed by atoms with Gasteiger partial charge in [-0.15, -0.1) is 0 Å². The van der Waals surface area contributed by atoms with Crippen molar-refractivity contribution in [2.75, 3.05) is 0 Å². The van der Waals surface area contributed by atoms with Crippen LogP contribution < -0.4 is 5.73 Å². The molecular weight excluding hydrogens is 200 g/mol. The minimum atomic E-state index is -0.465. The van der Waals surface area contributed by atoms with Gasteiger partial charge in [-0.1, -0.05) is 24.8 Å². The molecule has 16 heavy (non-hydrogen) atoms. The normalized spacial score (nSPS) is 10.2. The number of nitrogens with zero attached hydrogens (tertiary/aromatic N) is 1. The fourth-order valence-electron chi connectivity index (χ4n) is 1.55. The Morgan fingerprint density at radius 3 is 2.88 bits per heavy atom. The van der Waals surface area contributed by atoms with Crippen molar-refractivity contribution >= 4 is 16.8 Å². The molecule has 80 valence electrons. The molecule has 0 fully saturated rings. The number of nitrogens with two attached hydrogens (primary N) is 1. The number of carbonyl (C=O) groups is 1. The van der Waals surface area contributed by atoms with Gasteiger partial charge in [-0.05, 0) is 17.7 Å². The number of hydrogen-bond donors (Lipinski definition) is 1. The van der Waals surface area contributed by atoms with Crippen LogP contribution >= 0.6 is 0 Å². The molecular formula is C13H12N2O. The van der Waals surface area contributed by atoms with E-state index in [1.807, 2.05) is 30.3 Å². The molecule has 1 aromatic heterocycles. The summed E-state index contributed by atoms with van der Waals surface area (Å²) in [5, 5.41) is 1.05. The average molecular weight is 212 g/mol. The molecule has 0 bridgehead atoms. The molecule has 3 nitrogen and oxygen atoms in total. The standard InChI is InChI=1S/C13H12N2O/c1-9(13(14)16)6-10-7-11-4-2-3-5-12(11)15-8-10/h2-5,7-8H,1,6H2,(H2,14,16). The van der Waals surface area contributed by atoms with Gasteiger partial charge in [0, 0.05) is 23.6 Å². The van der Waals surface area contributed by atoms with Crippen LogP contribution in [-0.4, -0.2) is 10.9 Å². The molecule has 0 aliphatic rings. The van der Waals surface area contributed by atoms with Crippen LogP contribution in [0.3, 0.4) is 0 Å². The SMILES string of the molecule is C=C(Cc1cnc2ccccc2c1)C(N)=O. The molecule has 0 atom stereocenters. The van der Waals surface area contributed by atoms with Gasteiger partial charge in [-0.2, -0.15) is 0 Å². The van der Waals surface area contributed by atoms with Crippen LogP contribution in [0, 0.1) is 0 Å². The molecule has 0 aliphatic heterocycles. The monoisotopic (exact) mass is 212 g/mol. The van der Waals surface area contributed by atoms with E-state index in [1.54, 1.807) is 6.20 Å². The number of carbonyl (C=O) groups excluding carboxylic acids is 1. The van der Waals surface area contributed by atoms with Crippen LogP contribution in [0.15, 0.2) is 48.7 Å². The van der Waals surface area contributed by atoms with E-state index < -0.39 is 5.91 Å². The molecule has 0 spiro atoms. The smallest absolute Gasteiger partial charge is 0.244 e. The van der Waals surface area contributed by atoms with Gasteiger partial charge in [0.05, 0.1) is 5.52 Å². The van der Waals surface area contributed by atoms with Crippen LogP contribution in [-0.2, 0) is 11.2 Å². The van der Waals surface area contributed by atoms with Crippen molar-refractivity contribution in [1.82, 2.24) is 4.98 Å². The van der Waals surface area contributed by atoms with Crippen molar-refractivity contribution in [3.63, 3.8) is 0 Å². The Balaban J connectivity index is 2.33. The summed E-state index contributed by atoms with van der Waals surface area (Å²) in [6, 6.07) is 9.82. The summed E-state index contributed by atoms with van der Waals surface area (Å²) >= 11 is 0. The van der Waals surface area contributed by atoms with E-state index in [-0.39, 0.29) is 0 Å². The van der Waals surface area contributed by atoms with E-state index in [4.69, 9.17) is 5.73 Å². The predicted octanol–water partition coefficient (Wildman–Crippen LogP) is 1.82. The van der Waals surface area contributed by atoms with Gasteiger partial charge in [-0.25, -0.2) is 0 Å². The second-order valence-corrected chi connectivity index (χ2v) is 3.68. The topological polar surface area (TPSA) is 56.0 Å². The van der Waals surface area contributed by atoms with Crippen LogP contribution in [0.1, 0.15) is 5.56 Å². The lowest BCUT2D eigenvalue weighted by molar-refractivity contribution is -0.114. The lowest BCUT2D eigenvalue weighted by Crippen LogP contribution is -2.14. The molecule has 0 saturated carbocycles. The number of primary amides is 1. The molecule has 0 radical (unpaired) electrons. The summed E-state index contributed by atoms with van der Waals surface area (Å²) < 4.78 is 0. The van der Waals surface area contributed by atoms with Gasteiger partial charge in [-0.3, -0.25) is 9.78 Å². The highest BCUT2D eigenvalue weighted by molar-refractivity contribution is 5.91. The summed E-state index contributed by atoms with van der Waals surface area (Å²) in [6.45, 7) is 3.63. The number of amides is 1. The molecule has 2 aromatic rings. The quantitative estimate of drug-likeness (QED) is 0.789. The van der Waals surface area contributed by atoms with Crippen LogP contribution in [0.5, 0.6) is 0 Å². The number of para-hydroxylation sites is 1. The fraction of sp³-hybridized carbons (Fsp3) is 0.0769. The first kappa shape index (κ1) is 10.4. The van der Waals surface area contributed by atoms with E-state index in [0.717, 1.165) is 16.5 Å². The summed E-state index contributed by atoms with van der Waals surface area (Å²) in [4.78, 5) is 15.2. The predicted molar refractivity (Wildman–Crippen MR) is 63.8 cm³/mol. The molecule has 1 aromatic carbocycles. The van der Waals surface area contributed by atoms with Crippen LogP contribution in [0.2, 0.25) is 0 Å². The minimum Gasteiger partial charge on any atom is -0.366 e. The summed E-state index contributed by atoms with van der Waals surface area (Å²) in [7, 11) is 0. The summed E-state index contributed by atoms with van der Waals surface area (Å²) in [5.41, 5.74) is 7.43. The number of pyridine rings is 1. The average Bonchev–Trinajstić information content (AvgIpc) is 2.28. The third kappa shape index (κ3) is 2.08. The maximum atomic E-state index is 10.9. The largest absolute Gasteiger partial charge is 0.366 e. The second kappa shape index (κ2) is 4.14. The van der Waals surface area contributed by atoms with E-state index in [0.29, 0.717) is 12.0 Å². The number of rotatable bonds is 3. The molecule has 0 unspecified atom stereocenters. The molecule has 0 aliphatic carbocycles. The molecule has 3 heteroatoms. The lowest BCUT2D eigenvalue weighted by Gasteiger charge is -2.03. The zero-order chi connectivity index (χ0) is 11.5. The Labute approximate surface area is 93.6 Å². The van der Waals surface area contributed by atoms with Gasteiger partial charge < -0.3 is 5.73 Å². The number of hydrogen-bond acceptors (Lipinski definition) is 2. The minimum absolute atomic E-state index is 0.400. The van der Waals surface area contributed by atoms with Crippen molar-refractivity contribution < 1.29 is 4.79 Å². The van der Waals surface area contributed by atoms with Crippen molar-refractivity contribution in [1.29, 1.82) is 0 Å². The van der Waals surface area contributed by atoms with Crippen LogP contribution in [0.4, 0.5) is 0 Å². The number of benzene rings is 1. The highest BCUT2D eigenvalue weighted by Gasteiger charge is 2.04. The number of fused-ring (bicyclic) bond motifs is 1. The van der Waals surface area contributed by atoms with Gasteiger partial charge in [0.1, 0.15) is 0 Å². The lowest BCUT2D eigenvalue weighted by atomic mass is 10.1. The Hall–Kier alpha value is -2.16. The molecule has 1 amide bonds. The van der Waals surface area contributed by atoms with Crippen molar-refractivity contribution in [2.45, 2.75) is 6.42 Å². The van der Waals surface area contributed by atoms with Gasteiger partial charge in [0.2, 0.25) is 5.91 Å². The third-order valence-corrected chi connectivity index (χ3v) is 2.41. The Bertz CT molecular complexity index is 561. The Kier molecular flexibility index (Phi) is 2.68. The first-order valence-electron chi connectivity index (χ1n) is 4.98. The first-order valence-corrected chi connectivity index (χ1v) is 4.98. The number of aromatic nitrogens is 1. The summed E-state index contributed by atoms with van der Waals surface area (Å²) in [6.07, 6.45) is 2.20. The third-order valence-electron chi connectivity index (χ3n) is 2.41. The highest BCUT2D eigenvalue weighted by Crippen LogP contribution is 2.14. The Morgan fingerprint density at radius 1 is 1.38 bits per heavy atom. The first-order chi connectivity index (χ1) is 7.66. The van der Waals surface area contributed by atoms with Crippen molar-refractivity contribution in [3.05, 3.63) is 54.2 Å². The van der Waals surface area contributed by atoms with Crippen LogP contribution in [0.25, 0.3) is 10.9 Å². The molecule has 1 heterocycles. The van der Waals surface area contributed by atoms with Crippen molar-refractivity contribution in [2.24, 2.45) is 5.73 Å². The highest BCUT2D eigenvalue weighted by atomic mass is 16.1. The Morgan fingerprint density at radius 2 is 2.12 bits per heavy atom. The van der Waals surface area contributed by atoms with E-state index in [9.17, 15) is 4.79 Å². The fourth-order valence-corrected chi connectivity index (χ4v) is 1.55. The van der Waals surface area contributed by atoms with Gasteiger partial charge >= 0.3 is 0 Å². The molecule has 2 N–H and O–H groups in total. The maximum absolute atomic E-state index is 10.9. The zero-order valence-electron chi connectivity index (χ0n) is 8.81. The zero-order valence-corrected chi connectivity index (χ0v) is 8.81. The van der Waals surface area contributed by atoms with Gasteiger partial charge in [0.25, 0.3) is 0 Å². The molecule has 0 saturated heterocycles. The second-order valence-electron chi connectivity index (χ2n) is 3.68. The van der Waals surface area contributed by atoms with Gasteiger partial charge in [0.15, 0.2) is 0 Å². The van der Waals surface area contributed by atoms with E-state index >= 15 is 0 Å².